The van der Waals surface area contributed by atoms with Crippen LogP contribution in [0.1, 0.15) is 27.7 Å². The predicted molar refractivity (Wildman–Crippen MR) is 125 cm³/mol. The molecule has 1 aromatic heterocycles. The Kier molecular flexibility index (Phi) is 5.21. The molecule has 0 atom stereocenters. The molecule has 28 heavy (non-hydrogen) atoms. The summed E-state index contributed by atoms with van der Waals surface area (Å²) in [7, 11) is 0. The number of anilines is 2. The van der Waals surface area contributed by atoms with E-state index in [1.165, 1.54) is 8.52 Å². The summed E-state index contributed by atoms with van der Waals surface area (Å²) in [5.74, 6) is 0. The molecule has 0 aliphatic carbocycles. The van der Waals surface area contributed by atoms with E-state index in [0.29, 0.717) is 9.86 Å². The fourth-order valence-electron chi connectivity index (χ4n) is 3.44. The Morgan fingerprint density at radius 1 is 0.929 bits per heavy atom. The van der Waals surface area contributed by atoms with Gasteiger partial charge in [0.05, 0.1) is 0 Å². The molecule has 0 bridgehead atoms. The van der Waals surface area contributed by atoms with E-state index in [1.54, 1.807) is 0 Å². The van der Waals surface area contributed by atoms with Crippen molar-refractivity contribution in [3.05, 3.63) is 51.1 Å². The quantitative estimate of drug-likeness (QED) is 0.224. The Balaban J connectivity index is 2.23. The first-order chi connectivity index (χ1) is 13.3. The molecule has 0 saturated carbocycles. The molecule has 0 unspecified atom stereocenters. The number of nitrogens with one attached hydrogen (secondary N) is 2. The van der Waals surface area contributed by atoms with Crippen molar-refractivity contribution >= 4 is 72.1 Å². The zero-order chi connectivity index (χ0) is 20.0. The molecule has 0 amide bonds. The Bertz CT molecular complexity index is 1260. The molecule has 0 aliphatic rings. The zero-order valence-electron chi connectivity index (χ0n) is 16.3. The van der Waals surface area contributed by atoms with Gasteiger partial charge in [-0.15, -0.1) is 0 Å². The number of fused-ring (bicyclic) bond motifs is 4. The number of benzene rings is 3. The second kappa shape index (κ2) is 7.51. The van der Waals surface area contributed by atoms with E-state index >= 15 is 0 Å². The van der Waals surface area contributed by atoms with Gasteiger partial charge in [-0.05, 0) is 0 Å². The van der Waals surface area contributed by atoms with Crippen molar-refractivity contribution in [2.75, 3.05) is 10.6 Å². The number of hydrogen-bond acceptors (Lipinski definition) is 4. The van der Waals surface area contributed by atoms with E-state index in [-0.39, 0.29) is 32.0 Å². The van der Waals surface area contributed by atoms with Crippen LogP contribution in [-0.2, 0) is 0 Å². The first kappa shape index (κ1) is 19.4. The van der Waals surface area contributed by atoms with Crippen LogP contribution < -0.4 is 16.1 Å². The summed E-state index contributed by atoms with van der Waals surface area (Å²) >= 11 is 3.61. The van der Waals surface area contributed by atoms with Gasteiger partial charge in [-0.25, -0.2) is 0 Å². The third-order valence-corrected chi connectivity index (χ3v) is 7.34. The molecule has 0 spiro atoms. The van der Waals surface area contributed by atoms with Crippen LogP contribution in [-0.4, -0.2) is 31.6 Å². The van der Waals surface area contributed by atoms with E-state index in [0.717, 1.165) is 27.8 Å². The van der Waals surface area contributed by atoms with Gasteiger partial charge in [0.25, 0.3) is 0 Å². The molecule has 0 fully saturated rings. The van der Waals surface area contributed by atoms with Crippen molar-refractivity contribution in [2.45, 2.75) is 39.8 Å². The fourth-order valence-corrected chi connectivity index (χ4v) is 6.02. The van der Waals surface area contributed by atoms with Crippen LogP contribution in [0.25, 0.3) is 30.3 Å². The monoisotopic (exact) mass is 503 g/mol. The Morgan fingerprint density at radius 3 is 2.25 bits per heavy atom. The summed E-state index contributed by atoms with van der Waals surface area (Å²) in [5.41, 5.74) is 3.76. The van der Waals surface area contributed by atoms with Gasteiger partial charge in [0, 0.05) is 0 Å². The van der Waals surface area contributed by atoms with Crippen molar-refractivity contribution < 1.29 is 0 Å². The van der Waals surface area contributed by atoms with E-state index in [2.05, 4.69) is 78.5 Å². The first-order valence-corrected chi connectivity index (χ1v) is 11.9. The summed E-state index contributed by atoms with van der Waals surface area (Å²) < 4.78 is 3.04. The molecular formula is C22H22BrN3OSe. The molecule has 0 saturated heterocycles. The van der Waals surface area contributed by atoms with Crippen LogP contribution in [0.3, 0.4) is 0 Å². The third kappa shape index (κ3) is 3.45. The number of para-hydroxylation sites is 1. The van der Waals surface area contributed by atoms with Crippen molar-refractivity contribution in [3.63, 3.8) is 0 Å². The van der Waals surface area contributed by atoms with Gasteiger partial charge in [0.15, 0.2) is 0 Å². The molecule has 1 heterocycles. The molecule has 2 N–H and O–H groups in total. The molecule has 6 heteroatoms. The minimum absolute atomic E-state index is 0.00295. The molecule has 4 nitrogen and oxygen atoms in total. The van der Waals surface area contributed by atoms with Crippen molar-refractivity contribution in [1.29, 1.82) is 0 Å². The molecule has 3 aromatic carbocycles. The van der Waals surface area contributed by atoms with Gasteiger partial charge in [-0.3, -0.25) is 0 Å². The molecule has 0 radical (unpaired) electrons. The Hall–Kier alpha value is -1.88. The zero-order valence-corrected chi connectivity index (χ0v) is 19.6. The van der Waals surface area contributed by atoms with E-state index in [9.17, 15) is 4.79 Å². The second-order valence-corrected chi connectivity index (χ2v) is 10.7. The summed E-state index contributed by atoms with van der Waals surface area (Å²) in [6, 6.07) is 12.8. The van der Waals surface area contributed by atoms with E-state index in [1.807, 2.05) is 12.1 Å². The molecular weight excluding hydrogens is 481 g/mol. The van der Waals surface area contributed by atoms with Gasteiger partial charge >= 0.3 is 179 Å². The van der Waals surface area contributed by atoms with Crippen LogP contribution in [0.15, 0.2) is 45.7 Å². The Labute approximate surface area is 178 Å². The van der Waals surface area contributed by atoms with Gasteiger partial charge in [0.2, 0.25) is 0 Å². The summed E-state index contributed by atoms with van der Waals surface area (Å²) in [6.07, 6.45) is 0. The van der Waals surface area contributed by atoms with Gasteiger partial charge in [-0.2, -0.15) is 0 Å². The number of rotatable bonds is 4. The van der Waals surface area contributed by atoms with Crippen LogP contribution in [0.5, 0.6) is 0 Å². The topological polar surface area (TPSA) is 54.0 Å². The standard InChI is InChI=1S/C22H22BrN3OSe/c1-11(2)24-15-9-13(23)22(27)20-16(25-12(3)4)10-18-21(19(15)20)26-14-7-5-6-8-17(14)28-18/h5-12,24-25H,1-4H3. The number of nitrogens with zero attached hydrogens (tertiary/aromatic N) is 1. The summed E-state index contributed by atoms with van der Waals surface area (Å²) in [4.78, 5) is 18.1. The summed E-state index contributed by atoms with van der Waals surface area (Å²) in [6.45, 7) is 8.38. The average molecular weight is 503 g/mol. The van der Waals surface area contributed by atoms with E-state index < -0.39 is 0 Å². The van der Waals surface area contributed by atoms with Gasteiger partial charge < -0.3 is 0 Å². The Morgan fingerprint density at radius 2 is 1.57 bits per heavy atom. The molecule has 0 aliphatic heterocycles. The summed E-state index contributed by atoms with van der Waals surface area (Å²) in [5, 5.41) is 8.62. The molecule has 4 rings (SSSR count). The SMILES string of the molecule is CC(C)Nc1cc2[se]c3ccccc3nc2c2c(NC(C)C)cc(Br)c(=O)c12. The maximum atomic E-state index is 13.1. The maximum absolute atomic E-state index is 13.1. The number of halogens is 1. The van der Waals surface area contributed by atoms with E-state index in [4.69, 9.17) is 4.98 Å². The third-order valence-electron chi connectivity index (χ3n) is 4.46. The van der Waals surface area contributed by atoms with Crippen molar-refractivity contribution in [1.82, 2.24) is 4.98 Å². The van der Waals surface area contributed by atoms with Gasteiger partial charge in [0.1, 0.15) is 0 Å². The van der Waals surface area contributed by atoms with Crippen LogP contribution in [0, 0.1) is 0 Å². The van der Waals surface area contributed by atoms with Crippen LogP contribution in [0.2, 0.25) is 0 Å². The fraction of sp³-hybridized carbons (Fsp3) is 0.273. The van der Waals surface area contributed by atoms with Crippen molar-refractivity contribution in [2.24, 2.45) is 0 Å². The minimum atomic E-state index is -0.00295. The van der Waals surface area contributed by atoms with Crippen molar-refractivity contribution in [3.8, 4) is 0 Å². The number of hydrogen-bond donors (Lipinski definition) is 2. The average Bonchev–Trinajstić information content (AvgIpc) is 2.62. The van der Waals surface area contributed by atoms with Gasteiger partial charge in [-0.1, -0.05) is 0 Å². The normalized spacial score (nSPS) is 11.8. The molecule has 144 valence electrons. The van der Waals surface area contributed by atoms with Crippen LogP contribution >= 0.6 is 15.9 Å². The second-order valence-electron chi connectivity index (χ2n) is 7.54. The van der Waals surface area contributed by atoms with Crippen LogP contribution in [0.4, 0.5) is 11.4 Å². The first-order valence-electron chi connectivity index (χ1n) is 9.37. The molecule has 4 aromatic rings. The number of aromatic nitrogens is 1. The predicted octanol–water partition coefficient (Wildman–Crippen LogP) is 5.36.